The lowest BCUT2D eigenvalue weighted by Gasteiger charge is -2.26. The molecule has 0 bridgehead atoms. The van der Waals surface area contributed by atoms with Crippen molar-refractivity contribution >= 4 is 17.3 Å². The van der Waals surface area contributed by atoms with Gasteiger partial charge in [-0.2, -0.15) is 0 Å². The lowest BCUT2D eigenvalue weighted by molar-refractivity contribution is -0.715. The van der Waals surface area contributed by atoms with Gasteiger partial charge in [-0.25, -0.2) is 0 Å². The van der Waals surface area contributed by atoms with Crippen molar-refractivity contribution in [1.82, 2.24) is 0 Å². The van der Waals surface area contributed by atoms with Gasteiger partial charge >= 0.3 is 0 Å². The Morgan fingerprint density at radius 3 is 2.37 bits per heavy atom. The zero-order valence-electron chi connectivity index (χ0n) is 15.2. The van der Waals surface area contributed by atoms with Gasteiger partial charge < -0.3 is 25.5 Å². The third-order valence-corrected chi connectivity index (χ3v) is 4.31. The Morgan fingerprint density at radius 1 is 1.15 bits per heavy atom. The molecule has 2 aromatic rings. The lowest BCUT2D eigenvalue weighted by atomic mass is 9.84. The van der Waals surface area contributed by atoms with E-state index in [-0.39, 0.29) is 34.8 Å². The summed E-state index contributed by atoms with van der Waals surface area (Å²) < 4.78 is 5.07. The number of hydrogen-bond donors (Lipinski definition) is 2. The number of nitrogens with one attached hydrogen (secondary N) is 1. The fraction of sp³-hybridized carbons (Fsp3) is 0.300. The Balaban J connectivity index is 2.49. The molecular formula is C20H22NO6-. The van der Waals surface area contributed by atoms with E-state index < -0.39 is 16.9 Å². The SMILES string of the molecule is CCCCC(=O)C(C(=O)c1ccc(OC)cc1)c1cc([NH+]([O-])[O-])ccc1O. The number of aromatic hydroxyl groups is 1. The molecule has 1 unspecified atom stereocenters. The van der Waals surface area contributed by atoms with Gasteiger partial charge in [-0.15, -0.1) is 0 Å². The second kappa shape index (κ2) is 9.27. The van der Waals surface area contributed by atoms with Crippen molar-refractivity contribution < 1.29 is 24.7 Å². The number of unbranched alkanes of at least 4 members (excludes halogenated alkanes) is 1. The summed E-state index contributed by atoms with van der Waals surface area (Å²) in [6, 6.07) is 9.69. The van der Waals surface area contributed by atoms with E-state index in [1.165, 1.54) is 25.3 Å². The monoisotopic (exact) mass is 372 g/mol. The first kappa shape index (κ1) is 20.6. The first-order chi connectivity index (χ1) is 12.9. The second-order valence-electron chi connectivity index (χ2n) is 6.16. The molecule has 7 heteroatoms. The molecule has 0 radical (unpaired) electrons. The van der Waals surface area contributed by atoms with Crippen LogP contribution in [0.1, 0.15) is 48.0 Å². The number of phenols is 1. The van der Waals surface area contributed by atoms with Crippen LogP contribution in [-0.2, 0) is 4.79 Å². The Labute approximate surface area is 157 Å². The summed E-state index contributed by atoms with van der Waals surface area (Å²) in [5, 5.41) is 31.1. The Bertz CT molecular complexity index is 801. The number of benzene rings is 2. The Morgan fingerprint density at radius 2 is 1.81 bits per heavy atom. The van der Waals surface area contributed by atoms with Crippen LogP contribution in [0.3, 0.4) is 0 Å². The van der Waals surface area contributed by atoms with Crippen LogP contribution < -0.4 is 9.96 Å². The zero-order valence-corrected chi connectivity index (χ0v) is 15.2. The summed E-state index contributed by atoms with van der Waals surface area (Å²) >= 11 is 0. The molecule has 144 valence electrons. The molecule has 0 amide bonds. The first-order valence-electron chi connectivity index (χ1n) is 8.64. The van der Waals surface area contributed by atoms with Crippen molar-refractivity contribution in [2.45, 2.75) is 32.1 Å². The summed E-state index contributed by atoms with van der Waals surface area (Å²) in [5.74, 6) is -1.92. The maximum absolute atomic E-state index is 13.0. The molecule has 0 aromatic heterocycles. The molecule has 0 spiro atoms. The van der Waals surface area contributed by atoms with Crippen LogP contribution in [-0.4, -0.2) is 23.8 Å². The summed E-state index contributed by atoms with van der Waals surface area (Å²) in [6.45, 7) is 1.92. The molecule has 27 heavy (non-hydrogen) atoms. The van der Waals surface area contributed by atoms with Crippen LogP contribution in [0.4, 0.5) is 5.69 Å². The van der Waals surface area contributed by atoms with Crippen LogP contribution >= 0.6 is 0 Å². The number of rotatable bonds is 9. The largest absolute Gasteiger partial charge is 0.628 e. The number of Topliss-reactive ketones (excluding diaryl/α,β-unsaturated/α-hetero) is 2. The maximum atomic E-state index is 13.0. The Hall–Kier alpha value is -2.74. The number of carbonyl (C=O) groups excluding carboxylic acids is 2. The van der Waals surface area contributed by atoms with Gasteiger partial charge in [-0.1, -0.05) is 13.3 Å². The average molecular weight is 372 g/mol. The van der Waals surface area contributed by atoms with E-state index >= 15 is 0 Å². The van der Waals surface area contributed by atoms with Crippen molar-refractivity contribution in [3.63, 3.8) is 0 Å². The summed E-state index contributed by atoms with van der Waals surface area (Å²) in [4.78, 5) is 25.8. The molecule has 2 aromatic carbocycles. The number of methoxy groups -OCH3 is 1. The third kappa shape index (κ3) is 4.91. The molecule has 1 atom stereocenters. The van der Waals surface area contributed by atoms with Crippen molar-refractivity contribution in [2.75, 3.05) is 7.11 Å². The molecule has 0 heterocycles. The van der Waals surface area contributed by atoms with Crippen LogP contribution in [0.15, 0.2) is 42.5 Å². The van der Waals surface area contributed by atoms with Crippen LogP contribution in [0.5, 0.6) is 11.5 Å². The summed E-state index contributed by atoms with van der Waals surface area (Å²) in [5.41, 5.74) is 0.0288. The van der Waals surface area contributed by atoms with Crippen molar-refractivity contribution in [3.05, 3.63) is 64.0 Å². The molecule has 0 saturated heterocycles. The van der Waals surface area contributed by atoms with E-state index in [9.17, 15) is 25.1 Å². The van der Waals surface area contributed by atoms with E-state index in [1.807, 2.05) is 6.92 Å². The molecule has 2 rings (SSSR count). The van der Waals surface area contributed by atoms with E-state index in [2.05, 4.69) is 0 Å². The van der Waals surface area contributed by atoms with Gasteiger partial charge in [0.2, 0.25) is 0 Å². The maximum Gasteiger partial charge on any atom is 0.177 e. The fourth-order valence-corrected chi connectivity index (χ4v) is 2.79. The second-order valence-corrected chi connectivity index (χ2v) is 6.16. The third-order valence-electron chi connectivity index (χ3n) is 4.31. The fourth-order valence-electron chi connectivity index (χ4n) is 2.79. The van der Waals surface area contributed by atoms with Gasteiger partial charge in [0.05, 0.1) is 7.11 Å². The quantitative estimate of drug-likeness (QED) is 0.303. The van der Waals surface area contributed by atoms with Crippen LogP contribution in [0.2, 0.25) is 0 Å². The van der Waals surface area contributed by atoms with Gasteiger partial charge in [0, 0.05) is 29.7 Å². The predicted octanol–water partition coefficient (Wildman–Crippen LogP) is 2.64. The topological polar surface area (TPSA) is 114 Å². The van der Waals surface area contributed by atoms with Crippen LogP contribution in [0, 0.1) is 10.4 Å². The molecule has 0 fully saturated rings. The Kier molecular flexibility index (Phi) is 7.06. The van der Waals surface area contributed by atoms with Gasteiger partial charge in [-0.05, 0) is 36.8 Å². The van der Waals surface area contributed by atoms with Gasteiger partial charge in [0.25, 0.3) is 0 Å². The van der Waals surface area contributed by atoms with Gasteiger partial charge in [0.15, 0.2) is 5.78 Å². The molecular weight excluding hydrogens is 350 g/mol. The number of hydrogen-bond acceptors (Lipinski definition) is 6. The highest BCUT2D eigenvalue weighted by molar-refractivity contribution is 6.15. The van der Waals surface area contributed by atoms with Crippen molar-refractivity contribution in [3.8, 4) is 11.5 Å². The highest BCUT2D eigenvalue weighted by Crippen LogP contribution is 2.32. The molecule has 7 nitrogen and oxygen atoms in total. The summed E-state index contributed by atoms with van der Waals surface area (Å²) in [6.07, 6.45) is 1.50. The minimum Gasteiger partial charge on any atom is -0.628 e. The van der Waals surface area contributed by atoms with Gasteiger partial charge in [-0.3, -0.25) is 9.59 Å². The van der Waals surface area contributed by atoms with Crippen molar-refractivity contribution in [2.24, 2.45) is 0 Å². The lowest BCUT2D eigenvalue weighted by Crippen LogP contribution is -2.96. The first-order valence-corrected chi connectivity index (χ1v) is 8.64. The highest BCUT2D eigenvalue weighted by Gasteiger charge is 2.31. The van der Waals surface area contributed by atoms with E-state index in [4.69, 9.17) is 4.74 Å². The molecule has 0 aliphatic carbocycles. The van der Waals surface area contributed by atoms with Crippen molar-refractivity contribution in [1.29, 1.82) is 0 Å². The van der Waals surface area contributed by atoms with Crippen LogP contribution in [0.25, 0.3) is 0 Å². The average Bonchev–Trinajstić information content (AvgIpc) is 2.67. The number of ether oxygens (including phenoxy) is 1. The summed E-state index contributed by atoms with van der Waals surface area (Å²) in [7, 11) is 1.50. The minimum atomic E-state index is -1.45. The molecule has 2 N–H and O–H groups in total. The number of quaternary nitrogens is 1. The van der Waals surface area contributed by atoms with Gasteiger partial charge in [0.1, 0.15) is 28.9 Å². The molecule has 0 saturated carbocycles. The molecule has 0 aliphatic heterocycles. The normalized spacial score (nSPS) is 12.0. The minimum absolute atomic E-state index is 0.0291. The smallest absolute Gasteiger partial charge is 0.177 e. The number of ketones is 2. The van der Waals surface area contributed by atoms with E-state index in [0.29, 0.717) is 12.2 Å². The molecule has 0 aliphatic rings. The number of phenolic OH excluding ortho intramolecular Hbond substituents is 1. The van der Waals surface area contributed by atoms with E-state index in [1.54, 1.807) is 12.1 Å². The number of carbonyl (C=O) groups is 2. The van der Waals surface area contributed by atoms with E-state index in [0.717, 1.165) is 18.6 Å². The standard InChI is InChI=1S/C20H22NO6/c1-3-4-5-18(23)19(16-12-14(21(25)26)8-11-17(16)22)20(24)13-6-9-15(27-2)10-7-13/h6-12,19,21-22H,3-5H2,1-2H3/q-1. The predicted molar refractivity (Wildman–Crippen MR) is 100 cm³/mol. The highest BCUT2D eigenvalue weighted by atomic mass is 16.8. The zero-order chi connectivity index (χ0) is 20.0.